The Balaban J connectivity index is 3.06. The van der Waals surface area contributed by atoms with E-state index in [1.165, 1.54) is 0 Å². The molecule has 0 aliphatic rings. The Morgan fingerprint density at radius 3 is 2.74 bits per heavy atom. The molecule has 0 saturated heterocycles. The highest BCUT2D eigenvalue weighted by Gasteiger charge is 2.21. The molecule has 1 aromatic rings. The van der Waals surface area contributed by atoms with Crippen LogP contribution in [0, 0.1) is 17.8 Å². The molecule has 4 nitrogen and oxygen atoms in total. The SMILES string of the molecule is CC(C)C(C)N(C)C(=O)c1ccncc1C#CCO. The molecule has 19 heavy (non-hydrogen) atoms. The molecule has 1 heterocycles. The van der Waals surface area contributed by atoms with Crippen LogP contribution in [0.3, 0.4) is 0 Å². The first-order valence-electron chi connectivity index (χ1n) is 6.30. The molecule has 0 spiro atoms. The average Bonchev–Trinajstić information content (AvgIpc) is 2.42. The molecule has 1 rings (SSSR count). The molecule has 1 amide bonds. The van der Waals surface area contributed by atoms with Gasteiger partial charge in [-0.3, -0.25) is 9.78 Å². The van der Waals surface area contributed by atoms with Gasteiger partial charge in [0, 0.05) is 25.5 Å². The van der Waals surface area contributed by atoms with Gasteiger partial charge in [-0.15, -0.1) is 0 Å². The maximum atomic E-state index is 12.4. The summed E-state index contributed by atoms with van der Waals surface area (Å²) in [6.45, 7) is 5.94. The van der Waals surface area contributed by atoms with E-state index in [-0.39, 0.29) is 18.6 Å². The highest BCUT2D eigenvalue weighted by molar-refractivity contribution is 5.96. The summed E-state index contributed by atoms with van der Waals surface area (Å²) in [4.78, 5) is 18.1. The number of hydrogen-bond acceptors (Lipinski definition) is 3. The third-order valence-corrected chi connectivity index (χ3v) is 3.25. The number of pyridine rings is 1. The van der Waals surface area contributed by atoms with Gasteiger partial charge in [0.25, 0.3) is 5.91 Å². The number of amides is 1. The van der Waals surface area contributed by atoms with E-state index in [9.17, 15) is 4.79 Å². The van der Waals surface area contributed by atoms with Crippen LogP contribution in [0.2, 0.25) is 0 Å². The van der Waals surface area contributed by atoms with Gasteiger partial charge in [0.1, 0.15) is 6.61 Å². The molecule has 0 aromatic carbocycles. The number of nitrogens with zero attached hydrogens (tertiary/aromatic N) is 2. The van der Waals surface area contributed by atoms with E-state index >= 15 is 0 Å². The van der Waals surface area contributed by atoms with Crippen molar-refractivity contribution in [2.24, 2.45) is 5.92 Å². The van der Waals surface area contributed by atoms with Gasteiger partial charge in [-0.2, -0.15) is 0 Å². The van der Waals surface area contributed by atoms with Crippen LogP contribution >= 0.6 is 0 Å². The number of aliphatic hydroxyl groups is 1. The van der Waals surface area contributed by atoms with Gasteiger partial charge in [0.2, 0.25) is 0 Å². The summed E-state index contributed by atoms with van der Waals surface area (Å²) >= 11 is 0. The zero-order valence-corrected chi connectivity index (χ0v) is 11.8. The first-order valence-corrected chi connectivity index (χ1v) is 6.30. The van der Waals surface area contributed by atoms with Gasteiger partial charge in [-0.05, 0) is 18.9 Å². The predicted molar refractivity (Wildman–Crippen MR) is 74.6 cm³/mol. The minimum Gasteiger partial charge on any atom is -0.384 e. The first kappa shape index (κ1) is 15.2. The van der Waals surface area contributed by atoms with Crippen molar-refractivity contribution in [3.8, 4) is 11.8 Å². The van der Waals surface area contributed by atoms with E-state index in [0.29, 0.717) is 17.0 Å². The molecular formula is C15H20N2O2. The standard InChI is InChI=1S/C15H20N2O2/c1-11(2)12(3)17(4)15(19)14-7-8-16-10-13(14)6-5-9-18/h7-8,10-12,18H,9H2,1-4H3. The van der Waals surface area contributed by atoms with Crippen molar-refractivity contribution in [3.05, 3.63) is 29.6 Å². The lowest BCUT2D eigenvalue weighted by atomic mass is 10.0. The van der Waals surface area contributed by atoms with Gasteiger partial charge in [0.05, 0.1) is 11.1 Å². The second-order valence-corrected chi connectivity index (χ2v) is 4.78. The summed E-state index contributed by atoms with van der Waals surface area (Å²) in [6.07, 6.45) is 3.12. The summed E-state index contributed by atoms with van der Waals surface area (Å²) < 4.78 is 0. The average molecular weight is 260 g/mol. The number of hydrogen-bond donors (Lipinski definition) is 1. The monoisotopic (exact) mass is 260 g/mol. The molecule has 0 bridgehead atoms. The normalized spacial score (nSPS) is 11.7. The van der Waals surface area contributed by atoms with E-state index < -0.39 is 0 Å². The van der Waals surface area contributed by atoms with Crippen LogP contribution in [0.1, 0.15) is 36.7 Å². The molecule has 0 radical (unpaired) electrons. The van der Waals surface area contributed by atoms with Gasteiger partial charge in [-0.1, -0.05) is 25.7 Å². The third-order valence-electron chi connectivity index (χ3n) is 3.25. The van der Waals surface area contributed by atoms with Gasteiger partial charge in [0.15, 0.2) is 0 Å². The van der Waals surface area contributed by atoms with Crippen LogP contribution in [-0.4, -0.2) is 40.6 Å². The van der Waals surface area contributed by atoms with E-state index in [1.54, 1.807) is 30.4 Å². The predicted octanol–water partition coefficient (Wildman–Crippen LogP) is 1.54. The first-order chi connectivity index (χ1) is 8.99. The van der Waals surface area contributed by atoms with E-state index in [2.05, 4.69) is 30.7 Å². The van der Waals surface area contributed by atoms with Gasteiger partial charge < -0.3 is 10.0 Å². The van der Waals surface area contributed by atoms with Crippen molar-refractivity contribution >= 4 is 5.91 Å². The van der Waals surface area contributed by atoms with E-state index in [1.807, 2.05) is 6.92 Å². The van der Waals surface area contributed by atoms with Crippen molar-refractivity contribution in [3.63, 3.8) is 0 Å². The number of aromatic nitrogens is 1. The van der Waals surface area contributed by atoms with Gasteiger partial charge >= 0.3 is 0 Å². The summed E-state index contributed by atoms with van der Waals surface area (Å²) in [7, 11) is 1.79. The smallest absolute Gasteiger partial charge is 0.255 e. The maximum Gasteiger partial charge on any atom is 0.255 e. The van der Waals surface area contributed by atoms with Crippen LogP contribution in [0.5, 0.6) is 0 Å². The Kier molecular flexibility index (Phi) is 5.53. The summed E-state index contributed by atoms with van der Waals surface area (Å²) in [5, 5.41) is 8.74. The van der Waals surface area contributed by atoms with Crippen LogP contribution < -0.4 is 0 Å². The molecule has 0 fully saturated rings. The Bertz CT molecular complexity index is 500. The molecule has 1 unspecified atom stereocenters. The van der Waals surface area contributed by atoms with Crippen LogP contribution in [0.4, 0.5) is 0 Å². The summed E-state index contributed by atoms with van der Waals surface area (Å²) in [5.74, 6) is 5.60. The van der Waals surface area contributed by atoms with Crippen molar-refractivity contribution in [1.29, 1.82) is 0 Å². The second kappa shape index (κ2) is 6.91. The van der Waals surface area contributed by atoms with E-state index in [4.69, 9.17) is 5.11 Å². The van der Waals surface area contributed by atoms with Crippen LogP contribution in [0.25, 0.3) is 0 Å². The number of aliphatic hydroxyl groups excluding tert-OH is 1. The fourth-order valence-electron chi connectivity index (χ4n) is 1.64. The highest BCUT2D eigenvalue weighted by atomic mass is 16.2. The molecule has 1 aromatic heterocycles. The van der Waals surface area contributed by atoms with Crippen LogP contribution in [-0.2, 0) is 0 Å². The lowest BCUT2D eigenvalue weighted by molar-refractivity contribution is 0.0706. The van der Waals surface area contributed by atoms with Crippen molar-refractivity contribution in [2.75, 3.05) is 13.7 Å². The second-order valence-electron chi connectivity index (χ2n) is 4.78. The van der Waals surface area contributed by atoms with Gasteiger partial charge in [-0.25, -0.2) is 0 Å². The maximum absolute atomic E-state index is 12.4. The summed E-state index contributed by atoms with van der Waals surface area (Å²) in [6, 6.07) is 1.80. The van der Waals surface area contributed by atoms with Crippen LogP contribution in [0.15, 0.2) is 18.5 Å². The minimum absolute atomic E-state index is 0.0779. The fraction of sp³-hybridized carbons (Fsp3) is 0.467. The molecular weight excluding hydrogens is 240 g/mol. The zero-order valence-electron chi connectivity index (χ0n) is 11.8. The molecule has 1 atom stereocenters. The molecule has 0 aliphatic heterocycles. The Hall–Kier alpha value is -1.86. The molecule has 0 saturated carbocycles. The van der Waals surface area contributed by atoms with E-state index in [0.717, 1.165) is 0 Å². The Labute approximate surface area is 114 Å². The minimum atomic E-state index is -0.235. The number of carbonyl (C=O) groups excluding carboxylic acids is 1. The molecule has 0 aliphatic carbocycles. The number of carbonyl (C=O) groups is 1. The Morgan fingerprint density at radius 1 is 1.47 bits per heavy atom. The molecule has 1 N–H and O–H groups in total. The molecule has 102 valence electrons. The molecule has 4 heteroatoms. The van der Waals surface area contributed by atoms with Crippen molar-refractivity contribution < 1.29 is 9.90 Å². The lowest BCUT2D eigenvalue weighted by Gasteiger charge is -2.28. The number of rotatable bonds is 3. The zero-order chi connectivity index (χ0) is 14.4. The highest BCUT2D eigenvalue weighted by Crippen LogP contribution is 2.14. The van der Waals surface area contributed by atoms with Crippen molar-refractivity contribution in [2.45, 2.75) is 26.8 Å². The Morgan fingerprint density at radius 2 is 2.16 bits per heavy atom. The topological polar surface area (TPSA) is 53.4 Å². The van der Waals surface area contributed by atoms with Crippen molar-refractivity contribution in [1.82, 2.24) is 9.88 Å². The third kappa shape index (κ3) is 3.80. The lowest BCUT2D eigenvalue weighted by Crippen LogP contribution is -2.38. The fourth-order valence-corrected chi connectivity index (χ4v) is 1.64. The quantitative estimate of drug-likeness (QED) is 0.839. The largest absolute Gasteiger partial charge is 0.384 e. The summed E-state index contributed by atoms with van der Waals surface area (Å²) in [5.41, 5.74) is 1.07.